The number of benzene rings is 1. The zero-order chi connectivity index (χ0) is 12.3. The quantitative estimate of drug-likeness (QED) is 0.759. The van der Waals surface area contributed by atoms with Gasteiger partial charge < -0.3 is 0 Å². The fourth-order valence-electron chi connectivity index (χ4n) is 1.34. The fourth-order valence-corrected chi connectivity index (χ4v) is 1.97. The highest BCUT2D eigenvalue weighted by molar-refractivity contribution is 7.90. The van der Waals surface area contributed by atoms with Crippen molar-refractivity contribution in [3.05, 3.63) is 29.8 Å². The largest absolute Gasteiger partial charge is 0.294 e. The summed E-state index contributed by atoms with van der Waals surface area (Å²) in [6, 6.07) is 6.10. The Kier molecular flexibility index (Phi) is 3.86. The van der Waals surface area contributed by atoms with Crippen LogP contribution in [0.15, 0.2) is 29.2 Å². The molecule has 1 aromatic carbocycles. The Labute approximate surface area is 96.4 Å². The molecule has 1 aromatic rings. The number of carbonyl (C=O) groups is 1. The van der Waals surface area contributed by atoms with Crippen LogP contribution in [0, 0.1) is 5.92 Å². The van der Waals surface area contributed by atoms with Gasteiger partial charge in [-0.3, -0.25) is 4.79 Å². The lowest BCUT2D eigenvalue weighted by Crippen LogP contribution is -2.10. The molecule has 16 heavy (non-hydrogen) atoms. The van der Waals surface area contributed by atoms with E-state index in [1.165, 1.54) is 12.1 Å². The molecule has 0 fully saturated rings. The van der Waals surface area contributed by atoms with Crippen LogP contribution in [0.3, 0.4) is 0 Å². The van der Waals surface area contributed by atoms with Gasteiger partial charge in [0, 0.05) is 17.7 Å². The molecule has 0 aromatic heterocycles. The minimum atomic E-state index is -3.18. The maximum Gasteiger partial charge on any atom is 0.175 e. The monoisotopic (exact) mass is 240 g/mol. The summed E-state index contributed by atoms with van der Waals surface area (Å²) in [6.45, 7) is 3.82. The van der Waals surface area contributed by atoms with Crippen molar-refractivity contribution in [2.24, 2.45) is 5.92 Å². The Morgan fingerprint density at radius 1 is 1.25 bits per heavy atom. The topological polar surface area (TPSA) is 51.2 Å². The molecule has 0 aliphatic carbocycles. The van der Waals surface area contributed by atoms with Crippen LogP contribution in [0.5, 0.6) is 0 Å². The van der Waals surface area contributed by atoms with E-state index in [9.17, 15) is 13.2 Å². The van der Waals surface area contributed by atoms with E-state index < -0.39 is 9.84 Å². The highest BCUT2D eigenvalue weighted by Crippen LogP contribution is 2.15. The number of ketones is 1. The molecule has 88 valence electrons. The normalized spacial score (nSPS) is 13.4. The molecule has 1 unspecified atom stereocenters. The molecule has 1 rings (SSSR count). The van der Waals surface area contributed by atoms with Crippen molar-refractivity contribution in [2.75, 3.05) is 6.26 Å². The number of rotatable bonds is 4. The molecule has 0 bridgehead atoms. The van der Waals surface area contributed by atoms with E-state index >= 15 is 0 Å². The van der Waals surface area contributed by atoms with Crippen molar-refractivity contribution < 1.29 is 13.2 Å². The van der Waals surface area contributed by atoms with Gasteiger partial charge in [-0.2, -0.15) is 0 Å². The molecule has 0 N–H and O–H groups in total. The zero-order valence-corrected chi connectivity index (χ0v) is 10.5. The summed E-state index contributed by atoms with van der Waals surface area (Å²) in [5, 5.41) is 0. The van der Waals surface area contributed by atoms with Crippen LogP contribution in [-0.4, -0.2) is 20.5 Å². The van der Waals surface area contributed by atoms with Crippen molar-refractivity contribution in [1.29, 1.82) is 0 Å². The maximum absolute atomic E-state index is 11.8. The van der Waals surface area contributed by atoms with Crippen molar-refractivity contribution in [2.45, 2.75) is 25.2 Å². The first-order valence-corrected chi connectivity index (χ1v) is 7.09. The second-order valence-corrected chi connectivity index (χ2v) is 5.99. The first-order valence-electron chi connectivity index (χ1n) is 5.20. The van der Waals surface area contributed by atoms with Crippen molar-refractivity contribution >= 4 is 15.6 Å². The smallest absolute Gasteiger partial charge is 0.175 e. The molecule has 0 spiro atoms. The average Bonchev–Trinajstić information content (AvgIpc) is 2.26. The van der Waals surface area contributed by atoms with Crippen LogP contribution in [0.4, 0.5) is 0 Å². The third-order valence-electron chi connectivity index (χ3n) is 2.63. The second kappa shape index (κ2) is 4.78. The minimum Gasteiger partial charge on any atom is -0.294 e. The predicted octanol–water partition coefficient (Wildman–Crippen LogP) is 2.32. The van der Waals surface area contributed by atoms with Gasteiger partial charge in [0.05, 0.1) is 4.90 Å². The molecule has 0 heterocycles. The summed E-state index contributed by atoms with van der Waals surface area (Å²) in [6.07, 6.45) is 1.94. The first kappa shape index (κ1) is 12.9. The Morgan fingerprint density at radius 3 is 2.12 bits per heavy atom. The van der Waals surface area contributed by atoms with E-state index in [1.807, 2.05) is 13.8 Å². The Morgan fingerprint density at radius 2 is 1.75 bits per heavy atom. The van der Waals surface area contributed by atoms with E-state index in [4.69, 9.17) is 0 Å². The molecule has 0 amide bonds. The van der Waals surface area contributed by atoms with Gasteiger partial charge in [0.25, 0.3) is 0 Å². The molecule has 0 radical (unpaired) electrons. The molecule has 0 saturated carbocycles. The summed E-state index contributed by atoms with van der Waals surface area (Å²) in [5.41, 5.74) is 0.571. The average molecular weight is 240 g/mol. The highest BCUT2D eigenvalue weighted by atomic mass is 32.2. The number of hydrogen-bond donors (Lipinski definition) is 0. The third kappa shape index (κ3) is 2.92. The number of carbonyl (C=O) groups excluding carboxylic acids is 1. The van der Waals surface area contributed by atoms with Gasteiger partial charge in [0.15, 0.2) is 15.6 Å². The van der Waals surface area contributed by atoms with Crippen LogP contribution >= 0.6 is 0 Å². The van der Waals surface area contributed by atoms with Gasteiger partial charge in [0.2, 0.25) is 0 Å². The lowest BCUT2D eigenvalue weighted by molar-refractivity contribution is 0.0927. The van der Waals surface area contributed by atoms with E-state index in [2.05, 4.69) is 0 Å². The molecular weight excluding hydrogens is 224 g/mol. The Hall–Kier alpha value is -1.16. The van der Waals surface area contributed by atoms with E-state index in [-0.39, 0.29) is 16.6 Å². The standard InChI is InChI=1S/C12H16O3S/c1-4-9(2)12(13)10-5-7-11(8-6-10)16(3,14)15/h5-9H,4H2,1-3H3. The van der Waals surface area contributed by atoms with E-state index in [1.54, 1.807) is 12.1 Å². The van der Waals surface area contributed by atoms with Crippen LogP contribution in [0.1, 0.15) is 30.6 Å². The van der Waals surface area contributed by atoms with E-state index in [0.717, 1.165) is 12.7 Å². The minimum absolute atomic E-state index is 0.0240. The molecule has 1 atom stereocenters. The van der Waals surface area contributed by atoms with E-state index in [0.29, 0.717) is 5.56 Å². The molecule has 0 aliphatic heterocycles. The lowest BCUT2D eigenvalue weighted by Gasteiger charge is -2.07. The molecule has 0 aliphatic rings. The Balaban J connectivity index is 3.00. The van der Waals surface area contributed by atoms with Crippen LogP contribution in [0.25, 0.3) is 0 Å². The van der Waals surface area contributed by atoms with Crippen molar-refractivity contribution in [1.82, 2.24) is 0 Å². The van der Waals surface area contributed by atoms with Gasteiger partial charge in [0.1, 0.15) is 0 Å². The van der Waals surface area contributed by atoms with Gasteiger partial charge in [-0.25, -0.2) is 8.42 Å². The van der Waals surface area contributed by atoms with Crippen LogP contribution in [-0.2, 0) is 9.84 Å². The molecule has 3 nitrogen and oxygen atoms in total. The summed E-state index contributed by atoms with van der Waals surface area (Å²) in [5.74, 6) is 0.0339. The predicted molar refractivity (Wildman–Crippen MR) is 63.3 cm³/mol. The number of Topliss-reactive ketones (excluding diaryl/α,β-unsaturated/α-hetero) is 1. The maximum atomic E-state index is 11.8. The number of hydrogen-bond acceptors (Lipinski definition) is 3. The zero-order valence-electron chi connectivity index (χ0n) is 9.73. The summed E-state index contributed by atoms with van der Waals surface area (Å²) < 4.78 is 22.4. The first-order chi connectivity index (χ1) is 7.36. The van der Waals surface area contributed by atoms with Crippen molar-refractivity contribution in [3.8, 4) is 0 Å². The molecule has 0 saturated heterocycles. The summed E-state index contributed by atoms with van der Waals surface area (Å²) in [4.78, 5) is 12.0. The van der Waals surface area contributed by atoms with Gasteiger partial charge in [-0.1, -0.05) is 26.0 Å². The molecule has 4 heteroatoms. The van der Waals surface area contributed by atoms with Gasteiger partial charge in [-0.15, -0.1) is 0 Å². The van der Waals surface area contributed by atoms with Crippen LogP contribution in [0.2, 0.25) is 0 Å². The SMILES string of the molecule is CCC(C)C(=O)c1ccc(S(C)(=O)=O)cc1. The highest BCUT2D eigenvalue weighted by Gasteiger charge is 2.14. The Bertz CT molecular complexity index is 471. The van der Waals surface area contributed by atoms with Gasteiger partial charge >= 0.3 is 0 Å². The van der Waals surface area contributed by atoms with Crippen LogP contribution < -0.4 is 0 Å². The second-order valence-electron chi connectivity index (χ2n) is 3.97. The third-order valence-corrected chi connectivity index (χ3v) is 3.76. The van der Waals surface area contributed by atoms with Gasteiger partial charge in [-0.05, 0) is 18.6 Å². The van der Waals surface area contributed by atoms with Crippen molar-refractivity contribution in [3.63, 3.8) is 0 Å². The lowest BCUT2D eigenvalue weighted by atomic mass is 9.97. The fraction of sp³-hybridized carbons (Fsp3) is 0.417. The number of sulfone groups is 1. The molecular formula is C12H16O3S. The summed E-state index contributed by atoms with van der Waals surface area (Å²) in [7, 11) is -3.18. The summed E-state index contributed by atoms with van der Waals surface area (Å²) >= 11 is 0.